The second-order valence-electron chi connectivity index (χ2n) is 2.43. The van der Waals surface area contributed by atoms with Gasteiger partial charge in [-0.2, -0.15) is 0 Å². The van der Waals surface area contributed by atoms with Crippen LogP contribution in [0, 0.1) is 6.92 Å². The molecule has 1 rings (SSSR count). The lowest BCUT2D eigenvalue weighted by molar-refractivity contribution is 0.414. The van der Waals surface area contributed by atoms with E-state index in [9.17, 15) is 0 Å². The van der Waals surface area contributed by atoms with Gasteiger partial charge in [0.1, 0.15) is 5.75 Å². The Morgan fingerprint density at radius 3 is 2.33 bits per heavy atom. The lowest BCUT2D eigenvalue weighted by Crippen LogP contribution is -1.87. The normalized spacial score (nSPS) is 8.33. The van der Waals surface area contributed by atoms with Gasteiger partial charge in [-0.3, -0.25) is 0 Å². The number of aryl methyl sites for hydroxylation is 1. The highest BCUT2D eigenvalue weighted by Crippen LogP contribution is 2.10. The van der Waals surface area contributed by atoms with E-state index >= 15 is 0 Å². The van der Waals surface area contributed by atoms with Crippen LogP contribution in [-0.4, -0.2) is 13.7 Å². The number of rotatable bonds is 1. The summed E-state index contributed by atoms with van der Waals surface area (Å²) in [6.45, 7) is 4.70. The molecule has 1 aromatic carbocycles. The van der Waals surface area contributed by atoms with Gasteiger partial charge in [0, 0.05) is 0 Å². The number of nitrogens with two attached hydrogens (primary N) is 1. The first-order valence-corrected chi connectivity index (χ1v) is 4.05. The van der Waals surface area contributed by atoms with Crippen molar-refractivity contribution in [2.75, 3.05) is 13.7 Å². The minimum Gasteiger partial charge on any atom is -0.497 e. The number of hydrogen-bond donors (Lipinski definition) is 1. The molecule has 12 heavy (non-hydrogen) atoms. The van der Waals surface area contributed by atoms with Crippen molar-refractivity contribution in [2.45, 2.75) is 13.8 Å². The monoisotopic (exact) mass is 167 g/mol. The van der Waals surface area contributed by atoms with Crippen LogP contribution in [-0.2, 0) is 0 Å². The van der Waals surface area contributed by atoms with Gasteiger partial charge in [0.2, 0.25) is 0 Å². The second-order valence-corrected chi connectivity index (χ2v) is 2.43. The van der Waals surface area contributed by atoms with Crippen molar-refractivity contribution in [1.82, 2.24) is 0 Å². The molecule has 2 nitrogen and oxygen atoms in total. The lowest BCUT2D eigenvalue weighted by atomic mass is 10.2. The molecule has 2 heteroatoms. The van der Waals surface area contributed by atoms with Crippen molar-refractivity contribution in [3.8, 4) is 5.75 Å². The fraction of sp³-hybridized carbons (Fsp3) is 0.400. The average Bonchev–Trinajstić information content (AvgIpc) is 2.06. The quantitative estimate of drug-likeness (QED) is 0.694. The van der Waals surface area contributed by atoms with E-state index in [-0.39, 0.29) is 0 Å². The fourth-order valence-corrected chi connectivity index (χ4v) is 0.742. The maximum atomic E-state index is 5.00. The molecular weight excluding hydrogens is 150 g/mol. The Hall–Kier alpha value is -1.02. The predicted molar refractivity (Wildman–Crippen MR) is 52.5 cm³/mol. The Morgan fingerprint density at radius 1 is 1.42 bits per heavy atom. The van der Waals surface area contributed by atoms with Crippen LogP contribution < -0.4 is 10.5 Å². The molecule has 0 aliphatic heterocycles. The van der Waals surface area contributed by atoms with Crippen molar-refractivity contribution in [2.24, 2.45) is 5.73 Å². The molecule has 0 aliphatic carbocycles. The Labute approximate surface area is 74.4 Å². The molecule has 0 aliphatic rings. The Morgan fingerprint density at radius 2 is 2.00 bits per heavy atom. The maximum Gasteiger partial charge on any atom is 0.119 e. The third kappa shape index (κ3) is 4.74. The van der Waals surface area contributed by atoms with E-state index in [2.05, 4.69) is 0 Å². The van der Waals surface area contributed by atoms with Gasteiger partial charge in [-0.1, -0.05) is 19.1 Å². The van der Waals surface area contributed by atoms with Crippen molar-refractivity contribution in [3.05, 3.63) is 29.8 Å². The van der Waals surface area contributed by atoms with Crippen LogP contribution in [0.15, 0.2) is 24.3 Å². The molecule has 0 saturated carbocycles. The second kappa shape index (κ2) is 6.68. The van der Waals surface area contributed by atoms with E-state index in [0.29, 0.717) is 0 Å². The third-order valence-electron chi connectivity index (χ3n) is 1.23. The SMILES string of the molecule is CCN.COc1cccc(C)c1. The summed E-state index contributed by atoms with van der Waals surface area (Å²) in [4.78, 5) is 0. The van der Waals surface area contributed by atoms with Gasteiger partial charge in [0.25, 0.3) is 0 Å². The molecule has 0 spiro atoms. The molecule has 0 unspecified atom stereocenters. The van der Waals surface area contributed by atoms with Crippen molar-refractivity contribution in [1.29, 1.82) is 0 Å². The Bertz CT molecular complexity index is 211. The van der Waals surface area contributed by atoms with E-state index < -0.39 is 0 Å². The third-order valence-corrected chi connectivity index (χ3v) is 1.23. The number of methoxy groups -OCH3 is 1. The molecule has 0 heterocycles. The molecule has 2 N–H and O–H groups in total. The zero-order chi connectivity index (χ0) is 9.40. The standard InChI is InChI=1S/C8H10O.C2H7N/c1-7-4-3-5-8(6-7)9-2;1-2-3/h3-6H,1-2H3;2-3H2,1H3. The van der Waals surface area contributed by atoms with Gasteiger partial charge < -0.3 is 10.5 Å². The van der Waals surface area contributed by atoms with Crippen LogP contribution in [0.5, 0.6) is 5.75 Å². The van der Waals surface area contributed by atoms with Crippen LogP contribution >= 0.6 is 0 Å². The minimum atomic E-state index is 0.750. The number of benzene rings is 1. The molecule has 0 fully saturated rings. The molecule has 0 radical (unpaired) electrons. The smallest absolute Gasteiger partial charge is 0.119 e. The van der Waals surface area contributed by atoms with Gasteiger partial charge >= 0.3 is 0 Å². The first kappa shape index (κ1) is 11.0. The van der Waals surface area contributed by atoms with E-state index in [1.54, 1.807) is 7.11 Å². The van der Waals surface area contributed by atoms with Crippen LogP contribution in [0.25, 0.3) is 0 Å². The zero-order valence-corrected chi connectivity index (χ0v) is 8.00. The molecule has 0 atom stereocenters. The van der Waals surface area contributed by atoms with Crippen LogP contribution in [0.3, 0.4) is 0 Å². The maximum absolute atomic E-state index is 5.00. The summed E-state index contributed by atoms with van der Waals surface area (Å²) < 4.78 is 5.00. The highest BCUT2D eigenvalue weighted by atomic mass is 16.5. The van der Waals surface area contributed by atoms with Crippen molar-refractivity contribution in [3.63, 3.8) is 0 Å². The van der Waals surface area contributed by atoms with Crippen LogP contribution in [0.1, 0.15) is 12.5 Å². The molecular formula is C10H17NO. The highest BCUT2D eigenvalue weighted by molar-refractivity contribution is 5.27. The summed E-state index contributed by atoms with van der Waals surface area (Å²) in [5.41, 5.74) is 6.08. The lowest BCUT2D eigenvalue weighted by Gasteiger charge is -1.97. The fourth-order valence-electron chi connectivity index (χ4n) is 0.742. The van der Waals surface area contributed by atoms with E-state index in [0.717, 1.165) is 12.3 Å². The molecule has 68 valence electrons. The van der Waals surface area contributed by atoms with E-state index in [1.807, 2.05) is 38.1 Å². The average molecular weight is 167 g/mol. The Kier molecular flexibility index (Phi) is 6.11. The molecule has 0 amide bonds. The first-order valence-electron chi connectivity index (χ1n) is 4.05. The van der Waals surface area contributed by atoms with Crippen LogP contribution in [0.2, 0.25) is 0 Å². The summed E-state index contributed by atoms with van der Waals surface area (Å²) in [6, 6.07) is 7.96. The van der Waals surface area contributed by atoms with E-state index in [4.69, 9.17) is 10.5 Å². The first-order chi connectivity index (χ1) is 5.74. The van der Waals surface area contributed by atoms with Gasteiger partial charge in [-0.05, 0) is 31.2 Å². The van der Waals surface area contributed by atoms with Crippen molar-refractivity contribution < 1.29 is 4.74 Å². The van der Waals surface area contributed by atoms with Crippen molar-refractivity contribution >= 4 is 0 Å². The Balaban J connectivity index is 0.000000354. The molecule has 0 aromatic heterocycles. The molecule has 1 aromatic rings. The topological polar surface area (TPSA) is 35.2 Å². The predicted octanol–water partition coefficient (Wildman–Crippen LogP) is 1.97. The number of ether oxygens (including phenoxy) is 1. The van der Waals surface area contributed by atoms with E-state index in [1.165, 1.54) is 5.56 Å². The van der Waals surface area contributed by atoms with Gasteiger partial charge in [-0.25, -0.2) is 0 Å². The van der Waals surface area contributed by atoms with Crippen LogP contribution in [0.4, 0.5) is 0 Å². The minimum absolute atomic E-state index is 0.750. The summed E-state index contributed by atoms with van der Waals surface area (Å²) >= 11 is 0. The van der Waals surface area contributed by atoms with Gasteiger partial charge in [0.05, 0.1) is 7.11 Å². The number of hydrogen-bond acceptors (Lipinski definition) is 2. The zero-order valence-electron chi connectivity index (χ0n) is 8.00. The van der Waals surface area contributed by atoms with Gasteiger partial charge in [0.15, 0.2) is 0 Å². The highest BCUT2D eigenvalue weighted by Gasteiger charge is 1.86. The largest absolute Gasteiger partial charge is 0.497 e. The molecule has 0 saturated heterocycles. The summed E-state index contributed by atoms with van der Waals surface area (Å²) in [6.07, 6.45) is 0. The van der Waals surface area contributed by atoms with Gasteiger partial charge in [-0.15, -0.1) is 0 Å². The molecule has 0 bridgehead atoms. The summed E-state index contributed by atoms with van der Waals surface area (Å²) in [5.74, 6) is 0.926. The summed E-state index contributed by atoms with van der Waals surface area (Å²) in [7, 11) is 1.68. The summed E-state index contributed by atoms with van der Waals surface area (Å²) in [5, 5.41) is 0.